The third-order valence-corrected chi connectivity index (χ3v) is 5.81. The molecule has 30 heavy (non-hydrogen) atoms. The average molecular weight is 402 g/mol. The zero-order valence-corrected chi connectivity index (χ0v) is 18.1. The van der Waals surface area contributed by atoms with Crippen LogP contribution in [-0.4, -0.2) is 28.7 Å². The zero-order chi connectivity index (χ0) is 21.4. The molecule has 0 amide bonds. The van der Waals surface area contributed by atoms with Gasteiger partial charge < -0.3 is 10.6 Å². The zero-order valence-electron chi connectivity index (χ0n) is 18.1. The Kier molecular flexibility index (Phi) is 5.11. The van der Waals surface area contributed by atoms with E-state index in [1.54, 1.807) is 7.05 Å². The SMILES string of the molecule is C=C(NC)C1CC(Nc2nc(C)c3c(-c4ccc(N=NC)c(C)c4)ccn3n2)=C1C. The second-order valence-corrected chi connectivity index (χ2v) is 7.66. The molecule has 1 atom stereocenters. The second kappa shape index (κ2) is 7.74. The predicted molar refractivity (Wildman–Crippen MR) is 121 cm³/mol. The van der Waals surface area contributed by atoms with E-state index in [1.165, 1.54) is 11.3 Å². The molecule has 154 valence electrons. The van der Waals surface area contributed by atoms with Crippen LogP contribution in [0.2, 0.25) is 0 Å². The molecule has 7 nitrogen and oxygen atoms in total. The van der Waals surface area contributed by atoms with Crippen molar-refractivity contribution in [3.63, 3.8) is 0 Å². The number of hydrogen-bond donors (Lipinski definition) is 2. The Morgan fingerprint density at radius 1 is 1.23 bits per heavy atom. The van der Waals surface area contributed by atoms with Crippen molar-refractivity contribution in [2.24, 2.45) is 16.1 Å². The van der Waals surface area contributed by atoms with E-state index in [0.29, 0.717) is 11.9 Å². The van der Waals surface area contributed by atoms with Crippen LogP contribution in [0.4, 0.5) is 11.6 Å². The van der Waals surface area contributed by atoms with E-state index in [-0.39, 0.29) is 0 Å². The van der Waals surface area contributed by atoms with Crippen LogP contribution in [0.1, 0.15) is 24.6 Å². The van der Waals surface area contributed by atoms with Gasteiger partial charge in [-0.15, -0.1) is 5.10 Å². The summed E-state index contributed by atoms with van der Waals surface area (Å²) in [4.78, 5) is 4.73. The van der Waals surface area contributed by atoms with E-state index in [2.05, 4.69) is 57.7 Å². The van der Waals surface area contributed by atoms with Crippen molar-refractivity contribution in [3.8, 4) is 11.1 Å². The van der Waals surface area contributed by atoms with Crippen LogP contribution in [0, 0.1) is 19.8 Å². The van der Waals surface area contributed by atoms with Gasteiger partial charge in [-0.2, -0.15) is 10.2 Å². The lowest BCUT2D eigenvalue weighted by Gasteiger charge is -2.33. The molecule has 0 radical (unpaired) electrons. The lowest BCUT2D eigenvalue weighted by Crippen LogP contribution is -2.28. The van der Waals surface area contributed by atoms with Crippen LogP contribution in [0.3, 0.4) is 0 Å². The van der Waals surface area contributed by atoms with E-state index in [1.807, 2.05) is 37.7 Å². The van der Waals surface area contributed by atoms with Crippen LogP contribution < -0.4 is 10.6 Å². The Bertz CT molecular complexity index is 1200. The monoisotopic (exact) mass is 401 g/mol. The molecule has 3 aromatic rings. The normalized spacial score (nSPS) is 16.2. The molecule has 0 bridgehead atoms. The van der Waals surface area contributed by atoms with E-state index in [0.717, 1.165) is 45.7 Å². The van der Waals surface area contributed by atoms with Gasteiger partial charge in [0, 0.05) is 43.2 Å². The summed E-state index contributed by atoms with van der Waals surface area (Å²) in [5, 5.41) is 19.3. The molecule has 1 unspecified atom stereocenters. The quantitative estimate of drug-likeness (QED) is 0.559. The lowest BCUT2D eigenvalue weighted by molar-refractivity contribution is 0.581. The standard InChI is InChI=1S/C23H27N7/c1-13-11-17(7-8-20(13)28-25-6)18-9-10-30-22(18)16(4)26-23(29-30)27-21-12-19(14(21)2)15(3)24-5/h7-11,19,24H,3,12H2,1-2,4-6H3,(H,27,29). The van der Waals surface area contributed by atoms with Gasteiger partial charge in [-0.05, 0) is 62.1 Å². The number of nitrogens with one attached hydrogen (secondary N) is 2. The van der Waals surface area contributed by atoms with Crippen molar-refractivity contribution in [3.05, 3.63) is 65.3 Å². The maximum atomic E-state index is 4.73. The third-order valence-electron chi connectivity index (χ3n) is 5.81. The molecule has 1 aliphatic carbocycles. The van der Waals surface area contributed by atoms with Crippen LogP contribution in [-0.2, 0) is 0 Å². The van der Waals surface area contributed by atoms with Gasteiger partial charge in [0.25, 0.3) is 0 Å². The van der Waals surface area contributed by atoms with Gasteiger partial charge in [0.05, 0.1) is 16.9 Å². The molecule has 0 spiro atoms. The summed E-state index contributed by atoms with van der Waals surface area (Å²) in [5.74, 6) is 0.985. The molecule has 4 rings (SSSR count). The molecule has 1 aromatic carbocycles. The Morgan fingerprint density at radius 2 is 2.03 bits per heavy atom. The molecule has 0 fully saturated rings. The van der Waals surface area contributed by atoms with Gasteiger partial charge in [0.2, 0.25) is 5.95 Å². The molecular formula is C23H27N7. The van der Waals surface area contributed by atoms with Crippen LogP contribution >= 0.6 is 0 Å². The Morgan fingerprint density at radius 3 is 2.70 bits per heavy atom. The Balaban J connectivity index is 1.65. The molecule has 0 saturated carbocycles. The van der Waals surface area contributed by atoms with Crippen LogP contribution in [0.25, 0.3) is 16.6 Å². The van der Waals surface area contributed by atoms with Gasteiger partial charge in [-0.1, -0.05) is 12.6 Å². The van der Waals surface area contributed by atoms with Crippen molar-refractivity contribution in [1.29, 1.82) is 0 Å². The fourth-order valence-electron chi connectivity index (χ4n) is 3.97. The van der Waals surface area contributed by atoms with Gasteiger partial charge in [0.15, 0.2) is 0 Å². The summed E-state index contributed by atoms with van der Waals surface area (Å²) in [5.41, 5.74) is 9.61. The van der Waals surface area contributed by atoms with Crippen LogP contribution in [0.5, 0.6) is 0 Å². The molecular weight excluding hydrogens is 374 g/mol. The number of azo groups is 1. The fraction of sp³-hybridized carbons (Fsp3) is 0.304. The number of aromatic nitrogens is 3. The first-order valence-corrected chi connectivity index (χ1v) is 10.0. The van der Waals surface area contributed by atoms with E-state index in [9.17, 15) is 0 Å². The highest BCUT2D eigenvalue weighted by molar-refractivity contribution is 5.83. The topological polar surface area (TPSA) is 79.0 Å². The molecule has 0 saturated heterocycles. The summed E-state index contributed by atoms with van der Waals surface area (Å²) in [6.45, 7) is 10.3. The highest BCUT2D eigenvalue weighted by atomic mass is 15.3. The number of hydrogen-bond acceptors (Lipinski definition) is 6. The van der Waals surface area contributed by atoms with Gasteiger partial charge in [-0.3, -0.25) is 0 Å². The number of fused-ring (bicyclic) bond motifs is 1. The lowest BCUT2D eigenvalue weighted by atomic mass is 9.80. The molecule has 2 aromatic heterocycles. The van der Waals surface area contributed by atoms with Crippen molar-refractivity contribution in [1.82, 2.24) is 19.9 Å². The smallest absolute Gasteiger partial charge is 0.245 e. The number of allylic oxidation sites excluding steroid dienone is 2. The minimum Gasteiger partial charge on any atom is -0.391 e. The Hall–Kier alpha value is -3.48. The summed E-state index contributed by atoms with van der Waals surface area (Å²) in [7, 11) is 3.59. The minimum atomic E-state index is 0.374. The van der Waals surface area contributed by atoms with E-state index in [4.69, 9.17) is 4.98 Å². The molecule has 2 heterocycles. The maximum absolute atomic E-state index is 4.73. The Labute approximate surface area is 176 Å². The highest BCUT2D eigenvalue weighted by Gasteiger charge is 2.28. The predicted octanol–water partition coefficient (Wildman–Crippen LogP) is 5.17. The van der Waals surface area contributed by atoms with Gasteiger partial charge >= 0.3 is 0 Å². The first kappa shape index (κ1) is 19.8. The summed E-state index contributed by atoms with van der Waals surface area (Å²) >= 11 is 0. The van der Waals surface area contributed by atoms with Crippen LogP contribution in [0.15, 0.2) is 64.2 Å². The summed E-state index contributed by atoms with van der Waals surface area (Å²) in [6.07, 6.45) is 2.90. The third kappa shape index (κ3) is 3.36. The van der Waals surface area contributed by atoms with E-state index < -0.39 is 0 Å². The van der Waals surface area contributed by atoms with E-state index >= 15 is 0 Å². The summed E-state index contributed by atoms with van der Waals surface area (Å²) in [6, 6.07) is 8.27. The highest BCUT2D eigenvalue weighted by Crippen LogP contribution is 2.38. The fourth-order valence-corrected chi connectivity index (χ4v) is 3.97. The van der Waals surface area contributed by atoms with Crippen molar-refractivity contribution < 1.29 is 0 Å². The maximum Gasteiger partial charge on any atom is 0.245 e. The van der Waals surface area contributed by atoms with Gasteiger partial charge in [0.1, 0.15) is 0 Å². The van der Waals surface area contributed by atoms with Gasteiger partial charge in [-0.25, -0.2) is 9.50 Å². The number of aryl methyl sites for hydroxylation is 2. The largest absolute Gasteiger partial charge is 0.391 e. The average Bonchev–Trinajstić information content (AvgIpc) is 3.16. The molecule has 7 heteroatoms. The van der Waals surface area contributed by atoms with Crippen molar-refractivity contribution in [2.45, 2.75) is 27.2 Å². The first-order chi connectivity index (χ1) is 14.4. The van der Waals surface area contributed by atoms with Crippen molar-refractivity contribution >= 4 is 17.2 Å². The summed E-state index contributed by atoms with van der Waals surface area (Å²) < 4.78 is 1.90. The minimum absolute atomic E-state index is 0.374. The number of benzene rings is 1. The number of nitrogens with zero attached hydrogens (tertiary/aromatic N) is 5. The first-order valence-electron chi connectivity index (χ1n) is 10.0. The molecule has 2 N–H and O–H groups in total. The number of anilines is 1. The van der Waals surface area contributed by atoms with Crippen molar-refractivity contribution in [2.75, 3.05) is 19.4 Å². The molecule has 1 aliphatic rings. The number of rotatable bonds is 6. The molecule has 0 aliphatic heterocycles. The second-order valence-electron chi connectivity index (χ2n) is 7.66.